The molecule has 4 heteroatoms. The molecule has 4 nitrogen and oxygen atoms in total. The van der Waals surface area contributed by atoms with E-state index in [1.165, 1.54) is 0 Å². The van der Waals surface area contributed by atoms with E-state index in [9.17, 15) is 0 Å². The number of fused-ring (bicyclic) bond motifs is 1. The number of hydrogen-bond donors (Lipinski definition) is 0. The fourth-order valence-electron chi connectivity index (χ4n) is 1.93. The maximum Gasteiger partial charge on any atom is 0.182 e. The highest BCUT2D eigenvalue weighted by Gasteiger charge is 2.45. The van der Waals surface area contributed by atoms with Gasteiger partial charge in [0.1, 0.15) is 5.92 Å². The molecule has 0 spiro atoms. The van der Waals surface area contributed by atoms with Crippen LogP contribution in [-0.4, -0.2) is 23.8 Å². The van der Waals surface area contributed by atoms with Gasteiger partial charge < -0.3 is 0 Å². The van der Waals surface area contributed by atoms with E-state index in [4.69, 9.17) is 15.4 Å². The topological polar surface area (TPSA) is 60.1 Å². The van der Waals surface area contributed by atoms with Crippen LogP contribution in [0.5, 0.6) is 0 Å². The third kappa shape index (κ3) is 0.896. The summed E-state index contributed by atoms with van der Waals surface area (Å²) in [6.07, 6.45) is 1.51. The highest BCUT2D eigenvalue weighted by Crippen LogP contribution is 2.34. The van der Waals surface area contributed by atoms with Gasteiger partial charge in [-0.05, 0) is 12.8 Å². The predicted octanol–water partition coefficient (Wildman–Crippen LogP) is 0.428. The molecule has 0 amide bonds. The zero-order chi connectivity index (χ0) is 8.55. The fraction of sp³-hybridized carbons (Fsp3) is 0.750. The van der Waals surface area contributed by atoms with E-state index in [1.807, 2.05) is 6.07 Å². The first kappa shape index (κ1) is 7.54. The molecule has 0 bridgehead atoms. The normalized spacial score (nSPS) is 40.3. The lowest BCUT2D eigenvalue weighted by Crippen LogP contribution is -2.24. The summed E-state index contributed by atoms with van der Waals surface area (Å²) in [6.45, 7) is 0.862. The molecule has 2 aliphatic heterocycles. The van der Waals surface area contributed by atoms with Crippen molar-refractivity contribution in [2.24, 2.45) is 5.92 Å². The summed E-state index contributed by atoms with van der Waals surface area (Å²) >= 11 is 0. The SMILES string of the molecule is N#C[C@@H]1[C@H](C#N)ON2CCC[C@@H]12. The molecule has 2 fully saturated rings. The van der Waals surface area contributed by atoms with Crippen LogP contribution in [0.1, 0.15) is 12.8 Å². The molecule has 0 aromatic heterocycles. The second kappa shape index (κ2) is 2.75. The van der Waals surface area contributed by atoms with Crippen LogP contribution in [-0.2, 0) is 4.84 Å². The summed E-state index contributed by atoms with van der Waals surface area (Å²) in [7, 11) is 0. The quantitative estimate of drug-likeness (QED) is 0.519. The summed E-state index contributed by atoms with van der Waals surface area (Å²) in [5.74, 6) is -0.252. The summed E-state index contributed by atoms with van der Waals surface area (Å²) in [4.78, 5) is 5.29. The summed E-state index contributed by atoms with van der Waals surface area (Å²) < 4.78 is 0. The Hall–Kier alpha value is -1.10. The molecule has 0 aromatic carbocycles. The van der Waals surface area contributed by atoms with Gasteiger partial charge >= 0.3 is 0 Å². The molecule has 62 valence electrons. The molecule has 2 rings (SSSR count). The highest BCUT2D eigenvalue weighted by molar-refractivity contribution is 5.09. The van der Waals surface area contributed by atoms with Crippen molar-refractivity contribution in [2.45, 2.75) is 25.0 Å². The molecule has 0 aliphatic carbocycles. The Balaban J connectivity index is 2.18. The van der Waals surface area contributed by atoms with Crippen molar-refractivity contribution in [2.75, 3.05) is 6.54 Å². The van der Waals surface area contributed by atoms with E-state index in [0.717, 1.165) is 19.4 Å². The maximum atomic E-state index is 8.81. The standard InChI is InChI=1S/C8H9N3O/c9-4-6-7-2-1-3-11(7)12-8(6)5-10/h6-8H,1-3H2/t6-,7-,8-/m0/s1. The van der Waals surface area contributed by atoms with E-state index in [0.29, 0.717) is 0 Å². The Morgan fingerprint density at radius 1 is 1.33 bits per heavy atom. The Labute approximate surface area is 70.9 Å². The summed E-state index contributed by atoms with van der Waals surface area (Å²) in [6, 6.07) is 4.32. The van der Waals surface area contributed by atoms with Gasteiger partial charge in [0, 0.05) is 6.54 Å². The van der Waals surface area contributed by atoms with Crippen LogP contribution in [0.2, 0.25) is 0 Å². The third-order valence-corrected chi connectivity index (χ3v) is 2.51. The van der Waals surface area contributed by atoms with Crippen molar-refractivity contribution in [3.63, 3.8) is 0 Å². The van der Waals surface area contributed by atoms with Crippen LogP contribution in [0.25, 0.3) is 0 Å². The second-order valence-corrected chi connectivity index (χ2v) is 3.16. The minimum absolute atomic E-state index is 0.166. The van der Waals surface area contributed by atoms with Crippen LogP contribution in [0.4, 0.5) is 0 Å². The van der Waals surface area contributed by atoms with Crippen LogP contribution in [0.3, 0.4) is 0 Å². The zero-order valence-electron chi connectivity index (χ0n) is 6.60. The lowest BCUT2D eigenvalue weighted by Gasteiger charge is -2.11. The second-order valence-electron chi connectivity index (χ2n) is 3.16. The molecule has 0 unspecified atom stereocenters. The molecule has 0 saturated carbocycles. The average Bonchev–Trinajstić information content (AvgIpc) is 2.61. The predicted molar refractivity (Wildman–Crippen MR) is 39.3 cm³/mol. The zero-order valence-corrected chi connectivity index (χ0v) is 6.60. The maximum absolute atomic E-state index is 8.81. The van der Waals surface area contributed by atoms with Crippen LogP contribution < -0.4 is 0 Å². The van der Waals surface area contributed by atoms with Crippen molar-refractivity contribution >= 4 is 0 Å². The molecule has 0 N–H and O–H groups in total. The Morgan fingerprint density at radius 3 is 2.83 bits per heavy atom. The smallest absolute Gasteiger partial charge is 0.182 e. The number of rotatable bonds is 0. The van der Waals surface area contributed by atoms with E-state index >= 15 is 0 Å². The van der Waals surface area contributed by atoms with Gasteiger partial charge in [-0.25, -0.2) is 0 Å². The van der Waals surface area contributed by atoms with Crippen molar-refractivity contribution in [3.05, 3.63) is 0 Å². The molecule has 3 atom stereocenters. The number of hydroxylamine groups is 2. The molecule has 2 heterocycles. The third-order valence-electron chi connectivity index (χ3n) is 2.51. The average molecular weight is 163 g/mol. The minimum atomic E-state index is -0.541. The first-order valence-corrected chi connectivity index (χ1v) is 4.09. The van der Waals surface area contributed by atoms with Crippen molar-refractivity contribution in [1.82, 2.24) is 5.06 Å². The van der Waals surface area contributed by atoms with Gasteiger partial charge in [-0.3, -0.25) is 4.84 Å². The van der Waals surface area contributed by atoms with E-state index in [1.54, 1.807) is 5.06 Å². The van der Waals surface area contributed by atoms with Crippen LogP contribution in [0.15, 0.2) is 0 Å². The Kier molecular flexibility index (Phi) is 1.73. The molecule has 2 saturated heterocycles. The fourth-order valence-corrected chi connectivity index (χ4v) is 1.93. The number of nitriles is 2. The van der Waals surface area contributed by atoms with Gasteiger partial charge in [0.2, 0.25) is 0 Å². The van der Waals surface area contributed by atoms with Gasteiger partial charge in [0.25, 0.3) is 0 Å². The monoisotopic (exact) mass is 163 g/mol. The van der Waals surface area contributed by atoms with E-state index < -0.39 is 6.10 Å². The van der Waals surface area contributed by atoms with Gasteiger partial charge in [-0.15, -0.1) is 0 Å². The van der Waals surface area contributed by atoms with Gasteiger partial charge in [0.15, 0.2) is 6.10 Å². The summed E-state index contributed by atoms with van der Waals surface area (Å²) in [5.41, 5.74) is 0. The van der Waals surface area contributed by atoms with Crippen molar-refractivity contribution < 1.29 is 4.84 Å². The lowest BCUT2D eigenvalue weighted by atomic mass is 9.96. The van der Waals surface area contributed by atoms with Gasteiger partial charge in [-0.1, -0.05) is 0 Å². The summed E-state index contributed by atoms with van der Waals surface area (Å²) in [5, 5.41) is 19.3. The van der Waals surface area contributed by atoms with Crippen LogP contribution in [0, 0.1) is 28.6 Å². The molecular formula is C8H9N3O. The Morgan fingerprint density at radius 2 is 2.17 bits per heavy atom. The molecule has 0 aromatic rings. The van der Waals surface area contributed by atoms with E-state index in [-0.39, 0.29) is 12.0 Å². The van der Waals surface area contributed by atoms with Crippen molar-refractivity contribution in [1.29, 1.82) is 10.5 Å². The van der Waals surface area contributed by atoms with Gasteiger partial charge in [0.05, 0.1) is 18.2 Å². The Bertz CT molecular complexity index is 264. The number of hydrogen-bond acceptors (Lipinski definition) is 4. The van der Waals surface area contributed by atoms with Gasteiger partial charge in [-0.2, -0.15) is 15.6 Å². The van der Waals surface area contributed by atoms with E-state index in [2.05, 4.69) is 6.07 Å². The number of nitrogens with zero attached hydrogens (tertiary/aromatic N) is 3. The van der Waals surface area contributed by atoms with Crippen LogP contribution >= 0.6 is 0 Å². The first-order chi connectivity index (χ1) is 5.86. The molecule has 2 aliphatic rings. The lowest BCUT2D eigenvalue weighted by molar-refractivity contribution is -0.132. The first-order valence-electron chi connectivity index (χ1n) is 4.09. The minimum Gasteiger partial charge on any atom is -0.279 e. The molecule has 12 heavy (non-hydrogen) atoms. The largest absolute Gasteiger partial charge is 0.279 e. The molecular weight excluding hydrogens is 154 g/mol. The van der Waals surface area contributed by atoms with Crippen molar-refractivity contribution in [3.8, 4) is 12.1 Å². The highest BCUT2D eigenvalue weighted by atomic mass is 16.7. The molecule has 0 radical (unpaired) electrons.